The lowest BCUT2D eigenvalue weighted by Crippen LogP contribution is -2.25. The largest absolute Gasteiger partial charge is 0.417 e. The molecule has 0 radical (unpaired) electrons. The van der Waals surface area contributed by atoms with Gasteiger partial charge in [0, 0.05) is 12.7 Å². The van der Waals surface area contributed by atoms with E-state index in [0.29, 0.717) is 11.4 Å². The normalized spacial score (nSPS) is 11.4. The van der Waals surface area contributed by atoms with Crippen molar-refractivity contribution in [3.63, 3.8) is 0 Å². The Morgan fingerprint density at radius 1 is 1.07 bits per heavy atom. The van der Waals surface area contributed by atoms with Crippen LogP contribution in [-0.2, 0) is 13.2 Å². The van der Waals surface area contributed by atoms with E-state index in [9.17, 15) is 22.8 Å². The summed E-state index contributed by atoms with van der Waals surface area (Å²) in [5.74, 6) is 0. The van der Waals surface area contributed by atoms with Crippen LogP contribution < -0.4 is 16.2 Å². The van der Waals surface area contributed by atoms with Crippen molar-refractivity contribution in [1.29, 1.82) is 0 Å². The number of amides is 2. The lowest BCUT2D eigenvalue weighted by Gasteiger charge is -2.11. The second-order valence-electron chi connectivity index (χ2n) is 6.21. The van der Waals surface area contributed by atoms with E-state index in [1.165, 1.54) is 4.68 Å². The Hall–Kier alpha value is -3.20. The van der Waals surface area contributed by atoms with Crippen LogP contribution in [0.3, 0.4) is 0 Å². The maximum atomic E-state index is 12.8. The molecule has 0 aliphatic carbocycles. The fourth-order valence-corrected chi connectivity index (χ4v) is 3.10. The Kier molecular flexibility index (Phi) is 5.43. The van der Waals surface area contributed by atoms with E-state index in [4.69, 9.17) is 11.6 Å². The number of aromatic nitrogens is 2. The summed E-state index contributed by atoms with van der Waals surface area (Å²) in [6.45, 7) is 1.66. The van der Waals surface area contributed by atoms with Crippen molar-refractivity contribution >= 4 is 29.0 Å². The van der Waals surface area contributed by atoms with Gasteiger partial charge in [-0.25, -0.2) is 9.48 Å². The van der Waals surface area contributed by atoms with Crippen LogP contribution in [0.15, 0.2) is 53.3 Å². The lowest BCUT2D eigenvalue weighted by atomic mass is 10.2. The van der Waals surface area contributed by atoms with Crippen LogP contribution in [0.5, 0.6) is 0 Å². The number of rotatable bonds is 3. The molecule has 0 bridgehead atoms. The Labute approximate surface area is 168 Å². The Morgan fingerprint density at radius 3 is 2.31 bits per heavy atom. The first kappa shape index (κ1) is 20.5. The summed E-state index contributed by atoms with van der Waals surface area (Å²) in [4.78, 5) is 25.1. The van der Waals surface area contributed by atoms with E-state index in [1.807, 2.05) is 6.07 Å². The van der Waals surface area contributed by atoms with Crippen molar-refractivity contribution in [2.24, 2.45) is 7.05 Å². The zero-order chi connectivity index (χ0) is 21.3. The minimum Gasteiger partial charge on any atom is -0.308 e. The van der Waals surface area contributed by atoms with Crippen LogP contribution in [0.4, 0.5) is 29.3 Å². The van der Waals surface area contributed by atoms with Gasteiger partial charge in [-0.15, -0.1) is 0 Å². The van der Waals surface area contributed by atoms with E-state index < -0.39 is 28.4 Å². The molecule has 152 valence electrons. The SMILES string of the molecule is Cc1c(NC(=O)Nc2ccc(C(F)(F)F)c(Cl)c2)c(=O)n(-c2ccccc2)n1C. The number of nitrogens with zero attached hydrogens (tertiary/aromatic N) is 2. The number of benzene rings is 2. The van der Waals surface area contributed by atoms with Gasteiger partial charge in [-0.2, -0.15) is 13.2 Å². The molecule has 0 aliphatic heterocycles. The topological polar surface area (TPSA) is 68.1 Å². The van der Waals surface area contributed by atoms with E-state index in [0.717, 1.165) is 18.2 Å². The van der Waals surface area contributed by atoms with E-state index >= 15 is 0 Å². The first-order valence-corrected chi connectivity index (χ1v) is 8.76. The molecule has 0 spiro atoms. The summed E-state index contributed by atoms with van der Waals surface area (Å²) >= 11 is 5.65. The highest BCUT2D eigenvalue weighted by Gasteiger charge is 2.33. The van der Waals surface area contributed by atoms with Gasteiger partial charge in [0.15, 0.2) is 0 Å². The molecule has 1 aromatic heterocycles. The molecule has 3 aromatic rings. The van der Waals surface area contributed by atoms with Gasteiger partial charge in [-0.1, -0.05) is 29.8 Å². The van der Waals surface area contributed by atoms with Gasteiger partial charge in [0.25, 0.3) is 5.56 Å². The van der Waals surface area contributed by atoms with Gasteiger partial charge in [0.1, 0.15) is 5.69 Å². The third kappa shape index (κ3) is 4.14. The number of para-hydroxylation sites is 1. The smallest absolute Gasteiger partial charge is 0.308 e. The minimum absolute atomic E-state index is 0.0480. The molecular formula is C19H16ClF3N4O2. The zero-order valence-corrected chi connectivity index (χ0v) is 16.1. The zero-order valence-electron chi connectivity index (χ0n) is 15.3. The monoisotopic (exact) mass is 424 g/mol. The third-order valence-corrected chi connectivity index (χ3v) is 4.64. The quantitative estimate of drug-likeness (QED) is 0.634. The number of urea groups is 1. The first-order chi connectivity index (χ1) is 13.6. The molecule has 0 atom stereocenters. The highest BCUT2D eigenvalue weighted by molar-refractivity contribution is 6.31. The van der Waals surface area contributed by atoms with Gasteiger partial charge >= 0.3 is 12.2 Å². The Morgan fingerprint density at radius 2 is 1.72 bits per heavy atom. The molecular weight excluding hydrogens is 409 g/mol. The molecule has 6 nitrogen and oxygen atoms in total. The average Bonchev–Trinajstić information content (AvgIpc) is 2.85. The number of anilines is 2. The van der Waals surface area contributed by atoms with Crippen LogP contribution in [0, 0.1) is 6.92 Å². The van der Waals surface area contributed by atoms with Crippen LogP contribution in [0.1, 0.15) is 11.3 Å². The number of alkyl halides is 3. The van der Waals surface area contributed by atoms with Crippen molar-refractivity contribution in [3.05, 3.63) is 75.2 Å². The molecule has 10 heteroatoms. The summed E-state index contributed by atoms with van der Waals surface area (Å²) in [6, 6.07) is 10.9. The van der Waals surface area contributed by atoms with E-state index in [-0.39, 0.29) is 11.4 Å². The number of carbonyl (C=O) groups is 1. The van der Waals surface area contributed by atoms with Crippen LogP contribution >= 0.6 is 11.6 Å². The second kappa shape index (κ2) is 7.67. The molecule has 29 heavy (non-hydrogen) atoms. The molecule has 2 N–H and O–H groups in total. The number of nitrogens with one attached hydrogen (secondary N) is 2. The van der Waals surface area contributed by atoms with E-state index in [1.54, 1.807) is 42.9 Å². The standard InChI is InChI=1S/C19H16ClF3N4O2/c1-11-16(17(28)27(26(11)2)13-6-4-3-5-7-13)25-18(29)24-12-8-9-14(15(20)10-12)19(21,22)23/h3-10H,1-2H3,(H2,24,25,29). The molecule has 0 unspecified atom stereocenters. The molecule has 0 fully saturated rings. The minimum atomic E-state index is -4.60. The number of hydrogen-bond acceptors (Lipinski definition) is 2. The number of hydrogen-bond donors (Lipinski definition) is 2. The lowest BCUT2D eigenvalue weighted by molar-refractivity contribution is -0.137. The van der Waals surface area contributed by atoms with Gasteiger partial charge < -0.3 is 10.6 Å². The van der Waals surface area contributed by atoms with Crippen LogP contribution in [0.2, 0.25) is 5.02 Å². The second-order valence-corrected chi connectivity index (χ2v) is 6.62. The molecule has 2 amide bonds. The van der Waals surface area contributed by atoms with Gasteiger partial charge in [0.2, 0.25) is 0 Å². The maximum absolute atomic E-state index is 12.8. The fourth-order valence-electron chi connectivity index (χ4n) is 2.81. The van der Waals surface area contributed by atoms with Crippen molar-refractivity contribution < 1.29 is 18.0 Å². The molecule has 1 heterocycles. The maximum Gasteiger partial charge on any atom is 0.417 e. The summed E-state index contributed by atoms with van der Waals surface area (Å²) in [5, 5.41) is 4.28. The highest BCUT2D eigenvalue weighted by atomic mass is 35.5. The van der Waals surface area contributed by atoms with Crippen LogP contribution in [0.25, 0.3) is 5.69 Å². The third-order valence-electron chi connectivity index (χ3n) is 4.33. The molecule has 3 rings (SSSR count). The van der Waals surface area contributed by atoms with Crippen molar-refractivity contribution in [2.45, 2.75) is 13.1 Å². The van der Waals surface area contributed by atoms with Crippen molar-refractivity contribution in [2.75, 3.05) is 10.6 Å². The van der Waals surface area contributed by atoms with E-state index in [2.05, 4.69) is 10.6 Å². The number of halogens is 4. The Bertz CT molecular complexity index is 1120. The highest BCUT2D eigenvalue weighted by Crippen LogP contribution is 2.35. The predicted molar refractivity (Wildman–Crippen MR) is 105 cm³/mol. The summed E-state index contributed by atoms with van der Waals surface area (Å²) in [7, 11) is 1.67. The average molecular weight is 425 g/mol. The first-order valence-electron chi connectivity index (χ1n) is 8.38. The molecule has 2 aromatic carbocycles. The van der Waals surface area contributed by atoms with Gasteiger partial charge in [-0.05, 0) is 37.3 Å². The predicted octanol–water partition coefficient (Wildman–Crippen LogP) is 4.80. The summed E-state index contributed by atoms with van der Waals surface area (Å²) in [5.41, 5.74) is -0.235. The summed E-state index contributed by atoms with van der Waals surface area (Å²) in [6.07, 6.45) is -4.60. The van der Waals surface area contributed by atoms with Gasteiger partial charge in [-0.3, -0.25) is 9.48 Å². The Balaban J connectivity index is 1.84. The number of carbonyl (C=O) groups excluding carboxylic acids is 1. The summed E-state index contributed by atoms with van der Waals surface area (Å²) < 4.78 is 41.3. The van der Waals surface area contributed by atoms with Gasteiger partial charge in [0.05, 0.1) is 22.0 Å². The van der Waals surface area contributed by atoms with Crippen LogP contribution in [-0.4, -0.2) is 15.4 Å². The van der Waals surface area contributed by atoms with Crippen molar-refractivity contribution in [3.8, 4) is 5.69 Å². The molecule has 0 saturated carbocycles. The van der Waals surface area contributed by atoms with Crippen molar-refractivity contribution in [1.82, 2.24) is 9.36 Å². The molecule has 0 saturated heterocycles. The molecule has 0 aliphatic rings. The fraction of sp³-hybridized carbons (Fsp3) is 0.158.